The summed E-state index contributed by atoms with van der Waals surface area (Å²) in [6.07, 6.45) is 4.58. The first kappa shape index (κ1) is 41.7. The summed E-state index contributed by atoms with van der Waals surface area (Å²) >= 11 is 3.53. The molecule has 59 heavy (non-hydrogen) atoms. The van der Waals surface area contributed by atoms with E-state index in [1.165, 1.54) is 22.9 Å². The third kappa shape index (κ3) is 11.2. The van der Waals surface area contributed by atoms with Gasteiger partial charge in [-0.3, -0.25) is 29.6 Å². The molecule has 0 saturated heterocycles. The Labute approximate surface area is 346 Å². The van der Waals surface area contributed by atoms with Gasteiger partial charge in [0, 0.05) is 49.4 Å². The molecular weight excluding hydrogens is 830 g/mol. The van der Waals surface area contributed by atoms with Gasteiger partial charge in [0.2, 0.25) is 11.9 Å². The molecule has 0 saturated carbocycles. The first-order valence-electron chi connectivity index (χ1n) is 18.4. The summed E-state index contributed by atoms with van der Waals surface area (Å²) in [6.45, 7) is 1.44. The van der Waals surface area contributed by atoms with Gasteiger partial charge in [-0.1, -0.05) is 24.3 Å². The lowest BCUT2D eigenvalue weighted by molar-refractivity contribution is -0.171. The summed E-state index contributed by atoms with van der Waals surface area (Å²) in [4.78, 5) is 80.6. The number of esters is 3. The number of ether oxygens (including phenoxy) is 4. The first-order chi connectivity index (χ1) is 28.6. The van der Waals surface area contributed by atoms with Crippen molar-refractivity contribution in [3.05, 3.63) is 95.5 Å². The van der Waals surface area contributed by atoms with E-state index in [4.69, 9.17) is 18.9 Å². The zero-order valence-electron chi connectivity index (χ0n) is 32.1. The van der Waals surface area contributed by atoms with Gasteiger partial charge in [-0.15, -0.1) is 0 Å². The fraction of sp³-hybridized carbons (Fsp3) is 0.275. The highest BCUT2D eigenvalue weighted by molar-refractivity contribution is 9.10. The van der Waals surface area contributed by atoms with Crippen molar-refractivity contribution in [2.45, 2.75) is 32.4 Å². The highest BCUT2D eigenvalue weighted by atomic mass is 79.9. The molecule has 1 aliphatic heterocycles. The number of amides is 3. The Morgan fingerprint density at radius 1 is 0.949 bits per heavy atom. The number of hydrogen-bond acceptors (Lipinski definition) is 14. The predicted octanol–water partition coefficient (Wildman–Crippen LogP) is 4.62. The second-order valence-corrected chi connectivity index (χ2v) is 13.7. The summed E-state index contributed by atoms with van der Waals surface area (Å²) in [5.74, 6) is -2.24. The summed E-state index contributed by atoms with van der Waals surface area (Å²) in [7, 11) is 1.54. The third-order valence-electron chi connectivity index (χ3n) is 8.82. The molecule has 5 aromatic rings. The van der Waals surface area contributed by atoms with Crippen LogP contribution in [0.5, 0.6) is 5.75 Å². The van der Waals surface area contributed by atoms with Crippen LogP contribution in [-0.2, 0) is 39.9 Å². The average Bonchev–Trinajstić information content (AvgIpc) is 3.99. The van der Waals surface area contributed by atoms with Crippen molar-refractivity contribution in [3.63, 3.8) is 0 Å². The molecule has 0 radical (unpaired) electrons. The first-order valence-corrected chi connectivity index (χ1v) is 19.2. The molecule has 306 valence electrons. The van der Waals surface area contributed by atoms with Crippen LogP contribution >= 0.6 is 15.9 Å². The van der Waals surface area contributed by atoms with Gasteiger partial charge < -0.3 is 34.5 Å². The van der Waals surface area contributed by atoms with Gasteiger partial charge in [-0.25, -0.2) is 19.3 Å². The number of fused-ring (bicyclic) bond motifs is 1. The maximum absolute atomic E-state index is 13.5. The molecular formula is C40H40BrN9O9. The fourth-order valence-electron chi connectivity index (χ4n) is 5.85. The van der Waals surface area contributed by atoms with E-state index in [2.05, 4.69) is 51.7 Å². The van der Waals surface area contributed by atoms with Crippen molar-refractivity contribution in [1.82, 2.24) is 30.4 Å². The van der Waals surface area contributed by atoms with Crippen LogP contribution < -0.4 is 20.3 Å². The maximum atomic E-state index is 13.5. The van der Waals surface area contributed by atoms with E-state index >= 15 is 0 Å². The molecule has 0 fully saturated rings. The van der Waals surface area contributed by atoms with E-state index in [1.807, 2.05) is 18.2 Å². The van der Waals surface area contributed by atoms with Gasteiger partial charge in [0.05, 0.1) is 48.5 Å². The average molecular weight is 871 g/mol. The Bertz CT molecular complexity index is 2320. The molecule has 19 heteroatoms. The predicted molar refractivity (Wildman–Crippen MR) is 218 cm³/mol. The monoisotopic (exact) mass is 869 g/mol. The molecule has 3 aromatic carbocycles. The second-order valence-electron chi connectivity index (χ2n) is 12.9. The number of aromatic nitrogens is 4. The number of H-pyrrole nitrogens is 1. The lowest BCUT2D eigenvalue weighted by Gasteiger charge is -2.24. The molecule has 0 unspecified atom stereocenters. The van der Waals surface area contributed by atoms with Gasteiger partial charge in [-0.2, -0.15) is 5.10 Å². The number of benzene rings is 3. The summed E-state index contributed by atoms with van der Waals surface area (Å²) in [5, 5.41) is 12.7. The molecule has 0 bridgehead atoms. The highest BCUT2D eigenvalue weighted by Gasteiger charge is 2.28. The lowest BCUT2D eigenvalue weighted by atomic mass is 10.1. The lowest BCUT2D eigenvalue weighted by Crippen LogP contribution is -2.43. The zero-order valence-corrected chi connectivity index (χ0v) is 33.6. The molecule has 0 spiro atoms. The van der Waals surface area contributed by atoms with Crippen LogP contribution in [0.4, 0.5) is 16.2 Å². The third-order valence-corrected chi connectivity index (χ3v) is 9.60. The molecule has 6 rings (SSSR count). The summed E-state index contributed by atoms with van der Waals surface area (Å²) < 4.78 is 21.4. The minimum Gasteiger partial charge on any atom is -0.497 e. The van der Waals surface area contributed by atoms with Crippen LogP contribution in [0.25, 0.3) is 22.2 Å². The standard InChI is InChI=1S/C40H40BrN9O9/c1-25(59-35(53)24-58-34(52)13-12-33(51)50(39-44-16-17-45-39)32-11-10-31-37(36(32)41)43-15-14-42-31)38(54)57-19-18-49(23-26-4-3-5-30(20-26)56-2)40(55)48-29-8-6-27(7-9-29)28-21-46-47-22-28/h3-11,14-15,20-22,25H,12-13,16-19,23-24H2,1-2H3,(H,44,45)(H,46,47)(H,48,55)/t25-/m0/s1. The van der Waals surface area contributed by atoms with Crippen molar-refractivity contribution in [1.29, 1.82) is 0 Å². The Morgan fingerprint density at radius 2 is 1.76 bits per heavy atom. The highest BCUT2D eigenvalue weighted by Crippen LogP contribution is 2.33. The summed E-state index contributed by atoms with van der Waals surface area (Å²) in [5.41, 5.74) is 4.74. The molecule has 18 nitrogen and oxygen atoms in total. The number of halogens is 1. The molecule has 1 aliphatic rings. The SMILES string of the molecule is COc1cccc(CN(CCOC(=O)[C@H](C)OC(=O)COC(=O)CCC(=O)N(C2=NCCN2)c2ccc3nccnc3c2Br)C(=O)Nc2ccc(-c3cn[nH]c3)cc2)c1. The van der Waals surface area contributed by atoms with E-state index < -0.39 is 42.6 Å². The molecule has 3 heterocycles. The van der Waals surface area contributed by atoms with Crippen LogP contribution in [0.3, 0.4) is 0 Å². The number of methoxy groups -OCH3 is 1. The fourth-order valence-corrected chi connectivity index (χ4v) is 6.47. The molecule has 3 N–H and O–H groups in total. The van der Waals surface area contributed by atoms with Gasteiger partial charge >= 0.3 is 23.9 Å². The van der Waals surface area contributed by atoms with Gasteiger partial charge in [0.1, 0.15) is 17.9 Å². The van der Waals surface area contributed by atoms with Gasteiger partial charge in [-0.05, 0) is 70.4 Å². The van der Waals surface area contributed by atoms with Crippen molar-refractivity contribution < 1.29 is 42.9 Å². The maximum Gasteiger partial charge on any atom is 0.347 e. The molecule has 0 aliphatic carbocycles. The molecule has 3 amide bonds. The minimum atomic E-state index is -1.35. The Morgan fingerprint density at radius 3 is 2.51 bits per heavy atom. The number of rotatable bonds is 16. The number of aromatic amines is 1. The van der Waals surface area contributed by atoms with Crippen LogP contribution in [0.15, 0.2) is 94.9 Å². The molecule has 1 atom stereocenters. The van der Waals surface area contributed by atoms with Crippen LogP contribution in [0.1, 0.15) is 25.3 Å². The Kier molecular flexibility index (Phi) is 14.1. The number of aliphatic imine (C=N–C) groups is 1. The van der Waals surface area contributed by atoms with Crippen LogP contribution in [0, 0.1) is 0 Å². The zero-order chi connectivity index (χ0) is 41.7. The normalized spacial score (nSPS) is 12.4. The number of nitrogens with zero attached hydrogens (tertiary/aromatic N) is 6. The van der Waals surface area contributed by atoms with Gasteiger partial charge in [0.25, 0.3) is 0 Å². The Hall–Kier alpha value is -6.89. The van der Waals surface area contributed by atoms with Crippen LogP contribution in [0.2, 0.25) is 0 Å². The number of guanidine groups is 1. The van der Waals surface area contributed by atoms with E-state index in [0.717, 1.165) is 16.7 Å². The number of carbonyl (C=O) groups is 5. The quantitative estimate of drug-likeness (QED) is 0.0912. The number of hydrogen-bond donors (Lipinski definition) is 3. The largest absolute Gasteiger partial charge is 0.497 e. The van der Waals surface area contributed by atoms with Gasteiger partial charge in [0.15, 0.2) is 12.7 Å². The Balaban J connectivity index is 0.967. The smallest absolute Gasteiger partial charge is 0.347 e. The van der Waals surface area contributed by atoms with E-state index in [9.17, 15) is 24.0 Å². The van der Waals surface area contributed by atoms with E-state index in [0.29, 0.717) is 51.7 Å². The van der Waals surface area contributed by atoms with Crippen molar-refractivity contribution in [2.24, 2.45) is 4.99 Å². The number of urea groups is 1. The second kappa shape index (κ2) is 20.0. The minimum absolute atomic E-state index is 0.00830. The van der Waals surface area contributed by atoms with Crippen molar-refractivity contribution >= 4 is 74.1 Å². The van der Waals surface area contributed by atoms with Crippen molar-refractivity contribution in [2.75, 3.05) is 50.2 Å². The number of nitrogens with one attached hydrogen (secondary N) is 3. The van der Waals surface area contributed by atoms with Crippen molar-refractivity contribution in [3.8, 4) is 16.9 Å². The van der Waals surface area contributed by atoms with E-state index in [-0.39, 0.29) is 32.5 Å². The molecule has 2 aromatic heterocycles. The number of carbonyl (C=O) groups excluding carboxylic acids is 5. The topological polar surface area (TPSA) is 220 Å². The number of anilines is 2. The summed E-state index contributed by atoms with van der Waals surface area (Å²) in [6, 6.07) is 17.4. The van der Waals surface area contributed by atoms with E-state index in [1.54, 1.807) is 68.2 Å². The van der Waals surface area contributed by atoms with Crippen LogP contribution in [-0.4, -0.2) is 107 Å².